The van der Waals surface area contributed by atoms with E-state index in [2.05, 4.69) is 15.6 Å². The zero-order valence-electron chi connectivity index (χ0n) is 16.2. The predicted octanol–water partition coefficient (Wildman–Crippen LogP) is 1.15. The highest BCUT2D eigenvalue weighted by Crippen LogP contribution is 2.19. The highest BCUT2D eigenvalue weighted by Gasteiger charge is 2.19. The number of carbonyl (C=O) groups excluding carboxylic acids is 1. The molecule has 3 aromatic rings. The van der Waals surface area contributed by atoms with Crippen molar-refractivity contribution in [2.75, 3.05) is 32.6 Å². The molecule has 1 heterocycles. The van der Waals surface area contributed by atoms with Gasteiger partial charge < -0.3 is 14.9 Å². The second-order valence-corrected chi connectivity index (χ2v) is 8.33. The van der Waals surface area contributed by atoms with Crippen LogP contribution in [-0.4, -0.2) is 61.1 Å². The van der Waals surface area contributed by atoms with Crippen molar-refractivity contribution in [2.24, 2.45) is 0 Å². The topological polar surface area (TPSA) is 116 Å². The highest BCUT2D eigenvalue weighted by molar-refractivity contribution is 7.89. The lowest BCUT2D eigenvalue weighted by atomic mass is 10.3. The van der Waals surface area contributed by atoms with Crippen molar-refractivity contribution in [3.8, 4) is 5.75 Å². The third kappa shape index (κ3) is 4.63. The lowest BCUT2D eigenvalue weighted by Crippen LogP contribution is -2.26. The van der Waals surface area contributed by atoms with Gasteiger partial charge in [-0.2, -0.15) is 0 Å². The van der Waals surface area contributed by atoms with E-state index in [9.17, 15) is 13.2 Å². The minimum atomic E-state index is -3.62. The Hall–Kier alpha value is -3.18. The van der Waals surface area contributed by atoms with Crippen molar-refractivity contribution in [2.45, 2.75) is 11.8 Å². The maximum atomic E-state index is 12.3. The average Bonchev–Trinajstić information content (AvgIpc) is 3.10. The standard InChI is InChI=1S/C18H21N5O5S/c1-4-27-14-7-5-13(6-8-14)19-18(24)12-28-23-17-11-15(29(25,26)22(2)3)9-10-16(17)20-21-23/h5-11H,4,12H2,1-3H3,(H,19,24). The first-order valence-corrected chi connectivity index (χ1v) is 10.2. The van der Waals surface area contributed by atoms with Gasteiger partial charge in [-0.15, -0.1) is 5.10 Å². The molecule has 10 nitrogen and oxygen atoms in total. The Labute approximate surface area is 168 Å². The Kier molecular flexibility index (Phi) is 5.99. The molecule has 11 heteroatoms. The molecule has 0 fully saturated rings. The van der Waals surface area contributed by atoms with Crippen molar-refractivity contribution in [3.05, 3.63) is 42.5 Å². The van der Waals surface area contributed by atoms with Crippen LogP contribution in [-0.2, 0) is 14.8 Å². The molecule has 2 aromatic carbocycles. The number of hydrogen-bond acceptors (Lipinski definition) is 7. The normalized spacial score (nSPS) is 11.6. The first-order valence-electron chi connectivity index (χ1n) is 8.75. The van der Waals surface area contributed by atoms with E-state index in [0.717, 1.165) is 9.15 Å². The summed E-state index contributed by atoms with van der Waals surface area (Å²) in [7, 11) is -0.741. The molecule has 0 aliphatic carbocycles. The Balaban J connectivity index is 1.69. The molecule has 29 heavy (non-hydrogen) atoms. The number of rotatable bonds is 8. The average molecular weight is 419 g/mol. The van der Waals surface area contributed by atoms with Gasteiger partial charge in [-0.25, -0.2) is 12.7 Å². The number of fused-ring (bicyclic) bond motifs is 1. The number of ether oxygens (including phenoxy) is 1. The molecular formula is C18H21N5O5S. The molecule has 0 saturated heterocycles. The van der Waals surface area contributed by atoms with Crippen LogP contribution in [0.4, 0.5) is 5.69 Å². The van der Waals surface area contributed by atoms with E-state index in [1.165, 1.54) is 32.3 Å². The number of nitrogens with zero attached hydrogens (tertiary/aromatic N) is 4. The summed E-state index contributed by atoms with van der Waals surface area (Å²) in [6, 6.07) is 11.3. The molecule has 0 spiro atoms. The van der Waals surface area contributed by atoms with Crippen molar-refractivity contribution in [1.82, 2.24) is 19.5 Å². The second kappa shape index (κ2) is 8.45. The maximum Gasteiger partial charge on any atom is 0.265 e. The number of amides is 1. The molecule has 0 aliphatic rings. The first-order chi connectivity index (χ1) is 13.8. The monoisotopic (exact) mass is 419 g/mol. The number of aromatic nitrogens is 3. The SMILES string of the molecule is CCOc1ccc(NC(=O)COn2nnc3ccc(S(=O)(=O)N(C)C)cc32)cc1. The van der Waals surface area contributed by atoms with Crippen LogP contribution in [0.25, 0.3) is 11.0 Å². The Morgan fingerprint density at radius 1 is 1.17 bits per heavy atom. The van der Waals surface area contributed by atoms with E-state index in [4.69, 9.17) is 9.57 Å². The Morgan fingerprint density at radius 3 is 2.55 bits per heavy atom. The summed E-state index contributed by atoms with van der Waals surface area (Å²) in [5.74, 6) is 0.300. The molecule has 0 saturated carbocycles. The second-order valence-electron chi connectivity index (χ2n) is 6.18. The molecule has 0 aliphatic heterocycles. The summed E-state index contributed by atoms with van der Waals surface area (Å²) in [5.41, 5.74) is 1.36. The lowest BCUT2D eigenvalue weighted by molar-refractivity contribution is -0.121. The summed E-state index contributed by atoms with van der Waals surface area (Å²) in [6.45, 7) is 2.11. The van der Waals surface area contributed by atoms with E-state index in [-0.39, 0.29) is 11.5 Å². The van der Waals surface area contributed by atoms with Gasteiger partial charge in [-0.05, 0) is 54.6 Å². The van der Waals surface area contributed by atoms with Crippen molar-refractivity contribution < 1.29 is 22.8 Å². The number of anilines is 1. The summed E-state index contributed by atoms with van der Waals surface area (Å²) >= 11 is 0. The molecule has 1 N–H and O–H groups in total. The predicted molar refractivity (Wildman–Crippen MR) is 106 cm³/mol. The van der Waals surface area contributed by atoms with Gasteiger partial charge >= 0.3 is 0 Å². The summed E-state index contributed by atoms with van der Waals surface area (Å²) in [4.78, 5) is 18.6. The minimum absolute atomic E-state index is 0.0704. The zero-order valence-corrected chi connectivity index (χ0v) is 17.0. The van der Waals surface area contributed by atoms with Crippen LogP contribution >= 0.6 is 0 Å². The largest absolute Gasteiger partial charge is 0.494 e. The summed E-state index contributed by atoms with van der Waals surface area (Å²) < 4.78 is 31.1. The number of sulfonamides is 1. The van der Waals surface area contributed by atoms with Crippen molar-refractivity contribution >= 4 is 32.7 Å². The van der Waals surface area contributed by atoms with Gasteiger partial charge in [-0.3, -0.25) is 4.79 Å². The van der Waals surface area contributed by atoms with E-state index in [0.29, 0.717) is 29.1 Å². The molecule has 0 radical (unpaired) electrons. The number of benzene rings is 2. The van der Waals surface area contributed by atoms with Gasteiger partial charge in [0.2, 0.25) is 10.0 Å². The molecule has 1 aromatic heterocycles. The van der Waals surface area contributed by atoms with Gasteiger partial charge in [0.15, 0.2) is 6.61 Å². The van der Waals surface area contributed by atoms with Crippen LogP contribution in [0, 0.1) is 0 Å². The van der Waals surface area contributed by atoms with Gasteiger partial charge in [0.05, 0.1) is 11.5 Å². The molecule has 3 rings (SSSR count). The number of carbonyl (C=O) groups is 1. The van der Waals surface area contributed by atoms with Gasteiger partial charge in [-0.1, -0.05) is 4.85 Å². The van der Waals surface area contributed by atoms with E-state index in [1.807, 2.05) is 6.92 Å². The quantitative estimate of drug-likeness (QED) is 0.582. The van der Waals surface area contributed by atoms with Gasteiger partial charge in [0, 0.05) is 19.8 Å². The van der Waals surface area contributed by atoms with E-state index >= 15 is 0 Å². The Bertz CT molecular complexity index is 1110. The van der Waals surface area contributed by atoms with Crippen LogP contribution in [0.2, 0.25) is 0 Å². The van der Waals surface area contributed by atoms with Crippen LogP contribution in [0.1, 0.15) is 6.92 Å². The summed E-state index contributed by atoms with van der Waals surface area (Å²) in [6.07, 6.45) is 0. The van der Waals surface area contributed by atoms with Gasteiger partial charge in [0.1, 0.15) is 16.8 Å². The molecule has 0 bridgehead atoms. The third-order valence-electron chi connectivity index (χ3n) is 3.93. The Morgan fingerprint density at radius 2 is 1.90 bits per heavy atom. The van der Waals surface area contributed by atoms with Crippen LogP contribution in [0.5, 0.6) is 5.75 Å². The van der Waals surface area contributed by atoms with E-state index in [1.54, 1.807) is 24.3 Å². The molecule has 0 unspecified atom stereocenters. The number of hydrogen-bond donors (Lipinski definition) is 1. The lowest BCUT2D eigenvalue weighted by Gasteiger charge is -2.11. The molecule has 154 valence electrons. The van der Waals surface area contributed by atoms with Crippen LogP contribution in [0.3, 0.4) is 0 Å². The fourth-order valence-corrected chi connectivity index (χ4v) is 3.38. The van der Waals surface area contributed by atoms with Crippen molar-refractivity contribution in [1.29, 1.82) is 0 Å². The molecular weight excluding hydrogens is 398 g/mol. The fourth-order valence-electron chi connectivity index (χ4n) is 2.46. The highest BCUT2D eigenvalue weighted by atomic mass is 32.2. The fraction of sp³-hybridized carbons (Fsp3) is 0.278. The molecule has 0 atom stereocenters. The first kappa shape index (κ1) is 20.6. The van der Waals surface area contributed by atoms with Crippen LogP contribution < -0.4 is 14.9 Å². The number of nitrogens with one attached hydrogen (secondary N) is 1. The molecule has 1 amide bonds. The minimum Gasteiger partial charge on any atom is -0.494 e. The maximum absolute atomic E-state index is 12.3. The van der Waals surface area contributed by atoms with Crippen LogP contribution in [0.15, 0.2) is 47.4 Å². The van der Waals surface area contributed by atoms with Gasteiger partial charge in [0.25, 0.3) is 5.91 Å². The third-order valence-corrected chi connectivity index (χ3v) is 5.74. The zero-order chi connectivity index (χ0) is 21.0. The van der Waals surface area contributed by atoms with Crippen molar-refractivity contribution in [3.63, 3.8) is 0 Å². The van der Waals surface area contributed by atoms with E-state index < -0.39 is 15.9 Å². The smallest absolute Gasteiger partial charge is 0.265 e. The summed E-state index contributed by atoms with van der Waals surface area (Å²) in [5, 5.41) is 10.4.